The molecule has 3 aromatic carbocycles. The highest BCUT2D eigenvalue weighted by molar-refractivity contribution is 5.76. The van der Waals surface area contributed by atoms with Crippen molar-refractivity contribution >= 4 is 11.9 Å². The molecule has 2 aliphatic rings. The van der Waals surface area contributed by atoms with Gasteiger partial charge in [0.1, 0.15) is 0 Å². The maximum Gasteiger partial charge on any atom is 0.303 e. The minimum atomic E-state index is -0.800. The third-order valence-electron chi connectivity index (χ3n) is 9.11. The predicted molar refractivity (Wildman–Crippen MR) is 179 cm³/mol. The van der Waals surface area contributed by atoms with Crippen molar-refractivity contribution in [3.05, 3.63) is 95.1 Å². The van der Waals surface area contributed by atoms with Crippen LogP contribution in [0.3, 0.4) is 0 Å². The van der Waals surface area contributed by atoms with Gasteiger partial charge in [-0.15, -0.1) is 0 Å². The predicted octanol–water partition coefficient (Wildman–Crippen LogP) is 6.15. The van der Waals surface area contributed by atoms with Crippen LogP contribution in [0.15, 0.2) is 72.8 Å². The molecule has 0 aliphatic carbocycles. The number of methoxy groups -OCH3 is 1. The van der Waals surface area contributed by atoms with Crippen molar-refractivity contribution in [2.45, 2.75) is 89.1 Å². The summed E-state index contributed by atoms with van der Waals surface area (Å²) >= 11 is 0. The number of hydrogen-bond acceptors (Lipinski definition) is 7. The number of likely N-dealkylation sites (tertiary alicyclic amines) is 1. The Hall–Kier alpha value is -3.60. The van der Waals surface area contributed by atoms with Gasteiger partial charge in [0, 0.05) is 51.1 Å². The summed E-state index contributed by atoms with van der Waals surface area (Å²) in [6.07, 6.45) is 4.83. The van der Waals surface area contributed by atoms with Crippen LogP contribution in [0, 0.1) is 0 Å². The molecule has 252 valence electrons. The molecular formula is C38H48N2O7. The Morgan fingerprint density at radius 2 is 1.68 bits per heavy atom. The van der Waals surface area contributed by atoms with Crippen LogP contribution >= 0.6 is 0 Å². The second kappa shape index (κ2) is 17.5. The molecule has 4 atom stereocenters. The lowest BCUT2D eigenvalue weighted by molar-refractivity contribution is -0.253. The van der Waals surface area contributed by atoms with E-state index in [9.17, 15) is 14.7 Å². The van der Waals surface area contributed by atoms with Gasteiger partial charge < -0.3 is 29.7 Å². The lowest BCUT2D eigenvalue weighted by Crippen LogP contribution is -2.42. The molecule has 0 aromatic heterocycles. The fraction of sp³-hybridized carbons (Fsp3) is 0.474. The number of carboxylic acids is 1. The number of benzene rings is 3. The van der Waals surface area contributed by atoms with Crippen LogP contribution in [0.25, 0.3) is 11.1 Å². The van der Waals surface area contributed by atoms with E-state index in [0.717, 1.165) is 78.8 Å². The standard InChI is InChI=1S/C38H48N2O7/c1-45-26-33-12-7-19-40(33)24-34-22-35(29-17-15-27(25-41)16-18-29)47-38(46-34)32-11-6-10-31(21-32)30-9-5-8-28(20-30)23-39-36(42)13-3-2-4-14-37(43)44/h5-6,8-11,15-18,20-21,33-35,38,41H,2-4,7,12-14,19,22-26H2,1H3,(H,39,42)(H,43,44). The summed E-state index contributed by atoms with van der Waals surface area (Å²) in [6, 6.07) is 24.8. The molecule has 2 fully saturated rings. The molecule has 2 heterocycles. The van der Waals surface area contributed by atoms with E-state index in [1.807, 2.05) is 48.5 Å². The van der Waals surface area contributed by atoms with Crippen LogP contribution in [0.4, 0.5) is 0 Å². The average molecular weight is 645 g/mol. The lowest BCUT2D eigenvalue weighted by atomic mass is 9.98. The fourth-order valence-corrected chi connectivity index (χ4v) is 6.56. The number of nitrogens with one attached hydrogen (secondary N) is 1. The topological polar surface area (TPSA) is 118 Å². The number of rotatable bonds is 16. The summed E-state index contributed by atoms with van der Waals surface area (Å²) in [4.78, 5) is 25.5. The monoisotopic (exact) mass is 644 g/mol. The van der Waals surface area contributed by atoms with Gasteiger partial charge in [0.2, 0.25) is 5.91 Å². The first-order chi connectivity index (χ1) is 22.9. The Kier molecular flexibility index (Phi) is 12.9. The number of nitrogens with zero attached hydrogens (tertiary/aromatic N) is 1. The van der Waals surface area contributed by atoms with E-state index in [4.69, 9.17) is 19.3 Å². The van der Waals surface area contributed by atoms with E-state index < -0.39 is 12.3 Å². The van der Waals surface area contributed by atoms with Crippen molar-refractivity contribution < 1.29 is 34.0 Å². The molecule has 3 aromatic rings. The number of carboxylic acid groups (broad SMARTS) is 1. The summed E-state index contributed by atoms with van der Waals surface area (Å²) in [5.74, 6) is -0.831. The molecule has 0 radical (unpaired) electrons. The zero-order valence-corrected chi connectivity index (χ0v) is 27.3. The van der Waals surface area contributed by atoms with Gasteiger partial charge in [-0.1, -0.05) is 67.1 Å². The quantitative estimate of drug-likeness (QED) is 0.159. The largest absolute Gasteiger partial charge is 0.481 e. The summed E-state index contributed by atoms with van der Waals surface area (Å²) in [7, 11) is 1.76. The Bertz CT molecular complexity index is 1450. The number of aliphatic carboxylic acids is 1. The first-order valence-corrected chi connectivity index (χ1v) is 16.8. The lowest BCUT2D eigenvalue weighted by Gasteiger charge is -2.39. The molecule has 0 bridgehead atoms. The molecule has 47 heavy (non-hydrogen) atoms. The van der Waals surface area contributed by atoms with Crippen molar-refractivity contribution in [2.75, 3.05) is 26.8 Å². The first kappa shape index (κ1) is 34.7. The Balaban J connectivity index is 1.27. The maximum atomic E-state index is 12.4. The third-order valence-corrected chi connectivity index (χ3v) is 9.11. The highest BCUT2D eigenvalue weighted by Crippen LogP contribution is 2.39. The molecular weight excluding hydrogens is 596 g/mol. The number of ether oxygens (including phenoxy) is 3. The number of hydrogen-bond donors (Lipinski definition) is 3. The second-order valence-electron chi connectivity index (χ2n) is 12.7. The molecule has 4 unspecified atom stereocenters. The summed E-state index contributed by atoms with van der Waals surface area (Å²) in [6.45, 7) is 3.00. The number of carbonyl (C=O) groups is 2. The van der Waals surface area contributed by atoms with Crippen molar-refractivity contribution in [3.63, 3.8) is 0 Å². The number of unbranched alkanes of at least 4 members (excludes halogenated alkanes) is 2. The van der Waals surface area contributed by atoms with Gasteiger partial charge in [0.25, 0.3) is 0 Å². The normalized spacial score (nSPS) is 21.5. The summed E-state index contributed by atoms with van der Waals surface area (Å²) in [5, 5.41) is 21.3. The second-order valence-corrected chi connectivity index (χ2v) is 12.7. The number of amides is 1. The van der Waals surface area contributed by atoms with Crippen molar-refractivity contribution in [1.82, 2.24) is 10.2 Å². The van der Waals surface area contributed by atoms with Crippen LogP contribution in [-0.2, 0) is 37.0 Å². The molecule has 0 spiro atoms. The van der Waals surface area contributed by atoms with Gasteiger partial charge in [-0.25, -0.2) is 0 Å². The number of aliphatic hydroxyl groups excluding tert-OH is 1. The van der Waals surface area contributed by atoms with Gasteiger partial charge in [0.15, 0.2) is 6.29 Å². The van der Waals surface area contributed by atoms with Gasteiger partial charge in [-0.2, -0.15) is 0 Å². The van der Waals surface area contributed by atoms with Crippen LogP contribution in [0.2, 0.25) is 0 Å². The molecule has 9 heteroatoms. The molecule has 1 amide bonds. The third kappa shape index (κ3) is 10.2. The molecule has 5 rings (SSSR count). The van der Waals surface area contributed by atoms with E-state index in [0.29, 0.717) is 31.8 Å². The van der Waals surface area contributed by atoms with E-state index in [-0.39, 0.29) is 31.1 Å². The molecule has 2 aliphatic heterocycles. The molecule has 2 saturated heterocycles. The number of aliphatic hydroxyl groups is 1. The van der Waals surface area contributed by atoms with E-state index in [1.54, 1.807) is 7.11 Å². The zero-order chi connectivity index (χ0) is 33.0. The van der Waals surface area contributed by atoms with E-state index in [2.05, 4.69) is 34.5 Å². The SMILES string of the molecule is COCC1CCCN1CC1CC(c2ccc(CO)cc2)OC(c2cccc(-c3cccc(CNC(=O)CCCCCC(=O)O)c3)c2)O1. The Morgan fingerprint density at radius 3 is 2.45 bits per heavy atom. The number of carbonyl (C=O) groups excluding carboxylic acids is 1. The van der Waals surface area contributed by atoms with Gasteiger partial charge in [-0.05, 0) is 72.2 Å². The summed E-state index contributed by atoms with van der Waals surface area (Å²) < 4.78 is 18.8. The first-order valence-electron chi connectivity index (χ1n) is 16.8. The minimum absolute atomic E-state index is 0.00651. The fourth-order valence-electron chi connectivity index (χ4n) is 6.56. The van der Waals surface area contributed by atoms with Gasteiger partial charge >= 0.3 is 5.97 Å². The highest BCUT2D eigenvalue weighted by Gasteiger charge is 2.35. The Labute approximate surface area is 277 Å². The van der Waals surface area contributed by atoms with Crippen LogP contribution in [0.1, 0.15) is 86.0 Å². The molecule has 9 nitrogen and oxygen atoms in total. The summed E-state index contributed by atoms with van der Waals surface area (Å²) in [5.41, 5.74) is 5.96. The van der Waals surface area contributed by atoms with Crippen molar-refractivity contribution in [2.24, 2.45) is 0 Å². The van der Waals surface area contributed by atoms with E-state index in [1.165, 1.54) is 0 Å². The van der Waals surface area contributed by atoms with Gasteiger partial charge in [-0.3, -0.25) is 14.5 Å². The Morgan fingerprint density at radius 1 is 0.915 bits per heavy atom. The van der Waals surface area contributed by atoms with Crippen molar-refractivity contribution in [1.29, 1.82) is 0 Å². The maximum absolute atomic E-state index is 12.4. The van der Waals surface area contributed by atoms with Crippen molar-refractivity contribution in [3.8, 4) is 11.1 Å². The minimum Gasteiger partial charge on any atom is -0.481 e. The van der Waals surface area contributed by atoms with E-state index >= 15 is 0 Å². The van der Waals surface area contributed by atoms with Crippen LogP contribution < -0.4 is 5.32 Å². The smallest absolute Gasteiger partial charge is 0.303 e. The molecule has 3 N–H and O–H groups in total. The van der Waals surface area contributed by atoms with Crippen LogP contribution in [0.5, 0.6) is 0 Å². The van der Waals surface area contributed by atoms with Gasteiger partial charge in [0.05, 0.1) is 25.4 Å². The highest BCUT2D eigenvalue weighted by atomic mass is 16.7. The average Bonchev–Trinajstić information content (AvgIpc) is 3.53. The van der Waals surface area contributed by atoms with Crippen LogP contribution in [-0.4, -0.2) is 65.9 Å². The zero-order valence-electron chi connectivity index (χ0n) is 27.3. The molecule has 0 saturated carbocycles.